The highest BCUT2D eigenvalue weighted by atomic mass is 32.2. The molecule has 0 spiro atoms. The number of carbonyl (C=O) groups excluding carboxylic acids is 1. The first-order chi connectivity index (χ1) is 15.1. The predicted octanol–water partition coefficient (Wildman–Crippen LogP) is 4.90. The van der Waals surface area contributed by atoms with E-state index in [0.29, 0.717) is 10.3 Å². The van der Waals surface area contributed by atoms with Gasteiger partial charge >= 0.3 is 0 Å². The van der Waals surface area contributed by atoms with Gasteiger partial charge in [0.1, 0.15) is 4.83 Å². The highest BCUT2D eigenvalue weighted by Gasteiger charge is 2.25. The molecule has 5 rings (SSSR count). The van der Waals surface area contributed by atoms with Crippen LogP contribution in [0.4, 0.5) is 5.13 Å². The number of nitrogens with one attached hydrogen (secondary N) is 1. The number of thioether (sulfide) groups is 1. The number of hydrogen-bond donors (Lipinski definition) is 1. The van der Waals surface area contributed by atoms with E-state index >= 15 is 0 Å². The minimum absolute atomic E-state index is 0.0503. The number of carbonyl (C=O) groups is 1. The molecule has 1 amide bonds. The van der Waals surface area contributed by atoms with Crippen LogP contribution in [0.25, 0.3) is 15.9 Å². The maximum absolute atomic E-state index is 13.7. The molecule has 0 aliphatic heterocycles. The molecule has 1 atom stereocenters. The van der Waals surface area contributed by atoms with E-state index in [9.17, 15) is 9.59 Å². The van der Waals surface area contributed by atoms with Gasteiger partial charge in [-0.2, -0.15) is 0 Å². The molecule has 0 saturated heterocycles. The number of rotatable bonds is 5. The second-order valence-corrected chi connectivity index (χ2v) is 10.6. The lowest BCUT2D eigenvalue weighted by Crippen LogP contribution is -2.26. The first kappa shape index (κ1) is 20.4. The van der Waals surface area contributed by atoms with Gasteiger partial charge in [0.2, 0.25) is 5.91 Å². The molecule has 1 aliphatic rings. The van der Waals surface area contributed by atoms with E-state index in [1.54, 1.807) is 22.1 Å². The average molecular weight is 469 g/mol. The molecular weight excluding hydrogens is 448 g/mol. The Morgan fingerprint density at radius 1 is 1.23 bits per heavy atom. The van der Waals surface area contributed by atoms with E-state index in [1.807, 2.05) is 42.6 Å². The molecule has 158 valence electrons. The van der Waals surface area contributed by atoms with Gasteiger partial charge < -0.3 is 5.32 Å². The molecule has 1 unspecified atom stereocenters. The van der Waals surface area contributed by atoms with E-state index < -0.39 is 5.25 Å². The zero-order valence-corrected chi connectivity index (χ0v) is 19.3. The van der Waals surface area contributed by atoms with E-state index in [1.165, 1.54) is 33.5 Å². The molecule has 3 aromatic heterocycles. The zero-order chi connectivity index (χ0) is 21.4. The second-order valence-electron chi connectivity index (χ2n) is 7.35. The lowest BCUT2D eigenvalue weighted by Gasteiger charge is -2.16. The quantitative estimate of drug-likeness (QED) is 0.333. The first-order valence-corrected chi connectivity index (χ1v) is 12.7. The minimum atomic E-state index is -0.446. The SMILES string of the molecule is CC(Sc1nc2sc3c(c2c(=O)n1-c1ccccc1)CCCC3)C(=O)Nc1nccs1. The third-order valence-electron chi connectivity index (χ3n) is 5.29. The third-order valence-corrected chi connectivity index (χ3v) is 8.21. The Balaban J connectivity index is 1.59. The maximum Gasteiger partial charge on any atom is 0.267 e. The van der Waals surface area contributed by atoms with Crippen LogP contribution < -0.4 is 10.9 Å². The van der Waals surface area contributed by atoms with Crippen LogP contribution in [0.5, 0.6) is 0 Å². The van der Waals surface area contributed by atoms with Gasteiger partial charge in [-0.25, -0.2) is 9.97 Å². The lowest BCUT2D eigenvalue weighted by molar-refractivity contribution is -0.115. The summed E-state index contributed by atoms with van der Waals surface area (Å²) in [7, 11) is 0. The van der Waals surface area contributed by atoms with Crippen LogP contribution in [-0.2, 0) is 17.6 Å². The lowest BCUT2D eigenvalue weighted by atomic mass is 9.97. The van der Waals surface area contributed by atoms with Crippen molar-refractivity contribution in [2.24, 2.45) is 0 Å². The van der Waals surface area contributed by atoms with Crippen molar-refractivity contribution < 1.29 is 4.79 Å². The number of anilines is 1. The summed E-state index contributed by atoms with van der Waals surface area (Å²) in [4.78, 5) is 37.4. The molecule has 1 aromatic carbocycles. The van der Waals surface area contributed by atoms with Crippen LogP contribution >= 0.6 is 34.4 Å². The molecule has 0 bridgehead atoms. The standard InChI is InChI=1S/C22H20N4O2S3/c1-13(18(27)24-21-23-11-12-29-21)30-22-25-19-17(15-9-5-6-10-16(15)31-19)20(28)26(22)14-7-3-2-4-8-14/h2-4,7-8,11-13H,5-6,9-10H2,1H3,(H,23,24,27). The summed E-state index contributed by atoms with van der Waals surface area (Å²) >= 11 is 4.29. The van der Waals surface area contributed by atoms with Crippen molar-refractivity contribution in [3.05, 3.63) is 62.7 Å². The number of benzene rings is 1. The fourth-order valence-electron chi connectivity index (χ4n) is 3.77. The zero-order valence-electron chi connectivity index (χ0n) is 16.8. The summed E-state index contributed by atoms with van der Waals surface area (Å²) in [5.74, 6) is -0.167. The normalized spacial score (nSPS) is 14.4. The predicted molar refractivity (Wildman–Crippen MR) is 128 cm³/mol. The third kappa shape index (κ3) is 3.93. The molecule has 0 fully saturated rings. The fraction of sp³-hybridized carbons (Fsp3) is 0.273. The summed E-state index contributed by atoms with van der Waals surface area (Å²) in [5, 5.41) is 6.03. The van der Waals surface area contributed by atoms with Crippen molar-refractivity contribution in [1.82, 2.24) is 14.5 Å². The summed E-state index contributed by atoms with van der Waals surface area (Å²) in [5.41, 5.74) is 1.87. The molecule has 3 heterocycles. The number of fused-ring (bicyclic) bond motifs is 3. The number of thiophene rings is 1. The Kier molecular flexibility index (Phi) is 5.64. The molecule has 0 saturated carbocycles. The summed E-state index contributed by atoms with van der Waals surface area (Å²) in [6, 6.07) is 9.53. The summed E-state index contributed by atoms with van der Waals surface area (Å²) < 4.78 is 1.65. The fourth-order valence-corrected chi connectivity index (χ4v) is 6.54. The molecule has 1 aliphatic carbocycles. The summed E-state index contributed by atoms with van der Waals surface area (Å²) in [6.07, 6.45) is 5.85. The van der Waals surface area contributed by atoms with Crippen molar-refractivity contribution >= 4 is 55.7 Å². The smallest absolute Gasteiger partial charge is 0.267 e. The van der Waals surface area contributed by atoms with Crippen LogP contribution in [0, 0.1) is 0 Å². The van der Waals surface area contributed by atoms with Crippen molar-refractivity contribution in [1.29, 1.82) is 0 Å². The Morgan fingerprint density at radius 3 is 2.81 bits per heavy atom. The second kappa shape index (κ2) is 8.57. The van der Waals surface area contributed by atoms with Gasteiger partial charge in [-0.15, -0.1) is 22.7 Å². The number of amides is 1. The summed E-state index contributed by atoms with van der Waals surface area (Å²) in [6.45, 7) is 1.82. The van der Waals surface area contributed by atoms with Gasteiger partial charge in [0, 0.05) is 16.5 Å². The molecule has 0 radical (unpaired) electrons. The average Bonchev–Trinajstić information content (AvgIpc) is 3.41. The highest BCUT2D eigenvalue weighted by Crippen LogP contribution is 2.36. The van der Waals surface area contributed by atoms with Crippen molar-refractivity contribution in [3.8, 4) is 5.69 Å². The molecule has 4 aromatic rings. The van der Waals surface area contributed by atoms with Crippen molar-refractivity contribution in [2.45, 2.75) is 43.0 Å². The Bertz CT molecular complexity index is 1300. The van der Waals surface area contributed by atoms with Gasteiger partial charge in [0.05, 0.1) is 16.3 Å². The molecular formula is C22H20N4O2S3. The van der Waals surface area contributed by atoms with E-state index in [2.05, 4.69) is 10.3 Å². The number of nitrogens with zero attached hydrogens (tertiary/aromatic N) is 3. The highest BCUT2D eigenvalue weighted by molar-refractivity contribution is 8.00. The number of hydrogen-bond acceptors (Lipinski definition) is 7. The van der Waals surface area contributed by atoms with E-state index in [-0.39, 0.29) is 11.5 Å². The molecule has 31 heavy (non-hydrogen) atoms. The molecule has 6 nitrogen and oxygen atoms in total. The van der Waals surface area contributed by atoms with Crippen LogP contribution in [0.15, 0.2) is 51.9 Å². The number of aromatic nitrogens is 3. The Labute approximate surface area is 191 Å². The van der Waals surface area contributed by atoms with Gasteiger partial charge in [-0.05, 0) is 50.3 Å². The maximum atomic E-state index is 13.7. The van der Waals surface area contributed by atoms with Gasteiger partial charge in [0.25, 0.3) is 5.56 Å². The van der Waals surface area contributed by atoms with Crippen LogP contribution in [0.3, 0.4) is 0 Å². The van der Waals surface area contributed by atoms with Crippen LogP contribution in [-0.4, -0.2) is 25.7 Å². The van der Waals surface area contributed by atoms with Crippen LogP contribution in [0.2, 0.25) is 0 Å². The van der Waals surface area contributed by atoms with Crippen molar-refractivity contribution in [2.75, 3.05) is 5.32 Å². The van der Waals surface area contributed by atoms with E-state index in [4.69, 9.17) is 4.98 Å². The van der Waals surface area contributed by atoms with Gasteiger partial charge in [-0.1, -0.05) is 30.0 Å². The Morgan fingerprint density at radius 2 is 2.03 bits per heavy atom. The van der Waals surface area contributed by atoms with E-state index in [0.717, 1.165) is 41.6 Å². The largest absolute Gasteiger partial charge is 0.301 e. The molecule has 9 heteroatoms. The van der Waals surface area contributed by atoms with Gasteiger partial charge in [-0.3, -0.25) is 14.2 Å². The monoisotopic (exact) mass is 468 g/mol. The number of thiazole rings is 1. The Hall–Kier alpha value is -2.49. The van der Waals surface area contributed by atoms with Gasteiger partial charge in [0.15, 0.2) is 10.3 Å². The van der Waals surface area contributed by atoms with Crippen LogP contribution in [0.1, 0.15) is 30.2 Å². The van der Waals surface area contributed by atoms with Crippen molar-refractivity contribution in [3.63, 3.8) is 0 Å². The number of aryl methyl sites for hydroxylation is 2. The first-order valence-electron chi connectivity index (χ1n) is 10.1. The number of para-hydroxylation sites is 1. The topological polar surface area (TPSA) is 76.9 Å². The minimum Gasteiger partial charge on any atom is -0.301 e. The molecule has 1 N–H and O–H groups in total.